The van der Waals surface area contributed by atoms with Gasteiger partial charge in [0.15, 0.2) is 0 Å². The van der Waals surface area contributed by atoms with E-state index in [9.17, 15) is 13.6 Å². The van der Waals surface area contributed by atoms with Crippen molar-refractivity contribution in [2.45, 2.75) is 46.0 Å². The Balaban J connectivity index is 2.75. The van der Waals surface area contributed by atoms with Crippen molar-refractivity contribution < 1.29 is 13.6 Å². The summed E-state index contributed by atoms with van der Waals surface area (Å²) < 4.78 is 25.8. The number of ketones is 1. The monoisotopic (exact) mass is 190 g/mol. The van der Waals surface area contributed by atoms with E-state index in [1.54, 1.807) is 20.8 Å². The van der Waals surface area contributed by atoms with E-state index in [4.69, 9.17) is 0 Å². The molecule has 0 N–H and O–H groups in total. The van der Waals surface area contributed by atoms with E-state index in [2.05, 4.69) is 0 Å². The van der Waals surface area contributed by atoms with Crippen LogP contribution in [0.2, 0.25) is 0 Å². The van der Waals surface area contributed by atoms with Crippen molar-refractivity contribution in [2.24, 2.45) is 11.3 Å². The SMILES string of the molecule is CC(C)C(=O)C1(C)CCC(F)(F)C1. The van der Waals surface area contributed by atoms with Gasteiger partial charge in [0.1, 0.15) is 5.78 Å². The average molecular weight is 190 g/mol. The molecule has 1 aliphatic carbocycles. The van der Waals surface area contributed by atoms with Crippen LogP contribution in [-0.4, -0.2) is 11.7 Å². The molecule has 0 aliphatic heterocycles. The lowest BCUT2D eigenvalue weighted by molar-refractivity contribution is -0.132. The Labute approximate surface area is 77.5 Å². The molecule has 1 nitrogen and oxygen atoms in total. The van der Waals surface area contributed by atoms with Crippen LogP contribution in [0.4, 0.5) is 8.78 Å². The summed E-state index contributed by atoms with van der Waals surface area (Å²) in [6.45, 7) is 5.20. The molecule has 0 saturated heterocycles. The van der Waals surface area contributed by atoms with Gasteiger partial charge >= 0.3 is 0 Å². The number of hydrogen-bond donors (Lipinski definition) is 0. The van der Waals surface area contributed by atoms with Gasteiger partial charge in [-0.2, -0.15) is 0 Å². The van der Waals surface area contributed by atoms with Crippen molar-refractivity contribution in [3.8, 4) is 0 Å². The molecule has 0 aromatic rings. The van der Waals surface area contributed by atoms with Crippen molar-refractivity contribution in [1.82, 2.24) is 0 Å². The van der Waals surface area contributed by atoms with Gasteiger partial charge in [-0.3, -0.25) is 4.79 Å². The quantitative estimate of drug-likeness (QED) is 0.654. The average Bonchev–Trinajstić information content (AvgIpc) is 2.25. The first-order valence-electron chi connectivity index (χ1n) is 4.69. The van der Waals surface area contributed by atoms with E-state index < -0.39 is 11.3 Å². The minimum Gasteiger partial charge on any atom is -0.299 e. The van der Waals surface area contributed by atoms with Crippen molar-refractivity contribution in [1.29, 1.82) is 0 Å². The predicted molar refractivity (Wildman–Crippen MR) is 46.8 cm³/mol. The third-order valence-electron chi connectivity index (χ3n) is 2.81. The van der Waals surface area contributed by atoms with Crippen molar-refractivity contribution >= 4 is 5.78 Å². The fraction of sp³-hybridized carbons (Fsp3) is 0.900. The van der Waals surface area contributed by atoms with Gasteiger partial charge in [0.05, 0.1) is 0 Å². The maximum absolute atomic E-state index is 12.9. The number of alkyl halides is 2. The van der Waals surface area contributed by atoms with Crippen LogP contribution in [0.5, 0.6) is 0 Å². The molecule has 1 saturated carbocycles. The van der Waals surface area contributed by atoms with E-state index in [-0.39, 0.29) is 24.5 Å². The Kier molecular flexibility index (Phi) is 2.48. The molecule has 0 bridgehead atoms. The second-order valence-corrected chi connectivity index (χ2v) is 4.61. The maximum atomic E-state index is 12.9. The first-order valence-corrected chi connectivity index (χ1v) is 4.69. The van der Waals surface area contributed by atoms with E-state index in [0.29, 0.717) is 6.42 Å². The molecular formula is C10H16F2O. The fourth-order valence-corrected chi connectivity index (χ4v) is 2.11. The molecule has 0 spiro atoms. The van der Waals surface area contributed by atoms with Crippen LogP contribution in [-0.2, 0) is 4.79 Å². The molecule has 3 heteroatoms. The van der Waals surface area contributed by atoms with Crippen LogP contribution in [0.1, 0.15) is 40.0 Å². The van der Waals surface area contributed by atoms with E-state index in [1.807, 2.05) is 0 Å². The molecule has 13 heavy (non-hydrogen) atoms. The summed E-state index contributed by atoms with van der Waals surface area (Å²) in [5.41, 5.74) is -0.780. The van der Waals surface area contributed by atoms with Gasteiger partial charge in [0.25, 0.3) is 0 Å². The minimum absolute atomic E-state index is 0.0234. The van der Waals surface area contributed by atoms with Crippen LogP contribution in [0.15, 0.2) is 0 Å². The molecule has 0 aromatic heterocycles. The van der Waals surface area contributed by atoms with Gasteiger partial charge in [-0.15, -0.1) is 0 Å². The highest BCUT2D eigenvalue weighted by Gasteiger charge is 2.50. The molecule has 1 aliphatic rings. The van der Waals surface area contributed by atoms with Gasteiger partial charge in [0.2, 0.25) is 5.92 Å². The number of Topliss-reactive ketones (excluding diaryl/α,β-unsaturated/α-hetero) is 1. The second-order valence-electron chi connectivity index (χ2n) is 4.61. The second kappa shape index (κ2) is 3.03. The van der Waals surface area contributed by atoms with Crippen LogP contribution in [0, 0.1) is 11.3 Å². The van der Waals surface area contributed by atoms with Gasteiger partial charge < -0.3 is 0 Å². The Morgan fingerprint density at radius 2 is 1.85 bits per heavy atom. The summed E-state index contributed by atoms with van der Waals surface area (Å²) in [4.78, 5) is 11.6. The van der Waals surface area contributed by atoms with Gasteiger partial charge in [-0.25, -0.2) is 8.78 Å². The maximum Gasteiger partial charge on any atom is 0.249 e. The lowest BCUT2D eigenvalue weighted by atomic mass is 9.79. The first-order chi connectivity index (χ1) is 5.77. The van der Waals surface area contributed by atoms with E-state index in [0.717, 1.165) is 0 Å². The van der Waals surface area contributed by atoms with Gasteiger partial charge in [0, 0.05) is 24.2 Å². The van der Waals surface area contributed by atoms with Crippen LogP contribution >= 0.6 is 0 Å². The highest BCUT2D eigenvalue weighted by atomic mass is 19.3. The van der Waals surface area contributed by atoms with Crippen LogP contribution < -0.4 is 0 Å². The summed E-state index contributed by atoms with van der Waals surface area (Å²) in [5.74, 6) is -2.79. The third kappa shape index (κ3) is 2.06. The Morgan fingerprint density at radius 3 is 2.15 bits per heavy atom. The molecule has 0 aromatic carbocycles. The minimum atomic E-state index is -2.63. The summed E-state index contributed by atoms with van der Waals surface area (Å²) in [6, 6.07) is 0. The Morgan fingerprint density at radius 1 is 1.31 bits per heavy atom. The van der Waals surface area contributed by atoms with Crippen molar-refractivity contribution in [3.05, 3.63) is 0 Å². The molecule has 1 fully saturated rings. The zero-order valence-corrected chi connectivity index (χ0v) is 8.36. The standard InChI is InChI=1S/C10H16F2O/c1-7(2)8(13)9(3)4-5-10(11,12)6-9/h7H,4-6H2,1-3H3. The molecular weight excluding hydrogens is 174 g/mol. The smallest absolute Gasteiger partial charge is 0.249 e. The Hall–Kier alpha value is -0.470. The number of carbonyl (C=O) groups is 1. The molecule has 1 rings (SSSR count). The molecule has 0 radical (unpaired) electrons. The molecule has 76 valence electrons. The number of halogens is 2. The lowest BCUT2D eigenvalue weighted by Gasteiger charge is -2.24. The first kappa shape index (κ1) is 10.6. The summed E-state index contributed by atoms with van der Waals surface area (Å²) in [6.07, 6.45) is -0.0734. The fourth-order valence-electron chi connectivity index (χ4n) is 2.11. The number of rotatable bonds is 2. The van der Waals surface area contributed by atoms with E-state index in [1.165, 1.54) is 0 Å². The van der Waals surface area contributed by atoms with Gasteiger partial charge in [-0.05, 0) is 6.42 Å². The summed E-state index contributed by atoms with van der Waals surface area (Å²) in [7, 11) is 0. The van der Waals surface area contributed by atoms with E-state index >= 15 is 0 Å². The third-order valence-corrected chi connectivity index (χ3v) is 2.81. The summed E-state index contributed by atoms with van der Waals surface area (Å²) >= 11 is 0. The molecule has 0 heterocycles. The number of carbonyl (C=O) groups excluding carboxylic acids is 1. The normalized spacial score (nSPS) is 32.5. The van der Waals surface area contributed by atoms with Crippen LogP contribution in [0.25, 0.3) is 0 Å². The summed E-state index contributed by atoms with van der Waals surface area (Å²) in [5, 5.41) is 0. The topological polar surface area (TPSA) is 17.1 Å². The van der Waals surface area contributed by atoms with Crippen LogP contribution in [0.3, 0.4) is 0 Å². The molecule has 1 atom stereocenters. The van der Waals surface area contributed by atoms with Crippen molar-refractivity contribution in [3.63, 3.8) is 0 Å². The highest BCUT2D eigenvalue weighted by molar-refractivity contribution is 5.86. The largest absolute Gasteiger partial charge is 0.299 e. The predicted octanol–water partition coefficient (Wildman–Crippen LogP) is 3.04. The highest BCUT2D eigenvalue weighted by Crippen LogP contribution is 2.48. The zero-order valence-electron chi connectivity index (χ0n) is 8.36. The zero-order chi connectivity index (χ0) is 10.3. The van der Waals surface area contributed by atoms with Crippen molar-refractivity contribution in [2.75, 3.05) is 0 Å². The molecule has 1 unspecified atom stereocenters. The lowest BCUT2D eigenvalue weighted by Crippen LogP contribution is -2.30. The van der Waals surface area contributed by atoms with Gasteiger partial charge in [-0.1, -0.05) is 20.8 Å². The number of hydrogen-bond acceptors (Lipinski definition) is 1. The molecule has 0 amide bonds. The Bertz CT molecular complexity index is 223.